The van der Waals surface area contributed by atoms with Gasteiger partial charge in [0.1, 0.15) is 5.75 Å². The van der Waals surface area contributed by atoms with E-state index in [1.807, 2.05) is 0 Å². The van der Waals surface area contributed by atoms with Gasteiger partial charge in [-0.2, -0.15) is 0 Å². The summed E-state index contributed by atoms with van der Waals surface area (Å²) in [5.74, 6) is 0.598. The average Bonchev–Trinajstić information content (AvgIpc) is 2.12. The molecule has 1 aromatic carbocycles. The Morgan fingerprint density at radius 3 is 2.50 bits per heavy atom. The molecular formula is C9H9NO4. The molecule has 1 unspecified atom stereocenters. The van der Waals surface area contributed by atoms with Gasteiger partial charge in [-0.3, -0.25) is 10.1 Å². The highest BCUT2D eigenvalue weighted by atomic mass is 16.7. The summed E-state index contributed by atoms with van der Waals surface area (Å²) in [5, 5.41) is 10.3. The molecule has 0 bridgehead atoms. The van der Waals surface area contributed by atoms with Crippen LogP contribution in [0, 0.1) is 10.1 Å². The highest BCUT2D eigenvalue weighted by Gasteiger charge is 2.19. The molecule has 0 N–H and O–H groups in total. The van der Waals surface area contributed by atoms with Crippen molar-refractivity contribution in [3.05, 3.63) is 34.4 Å². The number of ether oxygens (including phenoxy) is 2. The van der Waals surface area contributed by atoms with Gasteiger partial charge < -0.3 is 9.47 Å². The van der Waals surface area contributed by atoms with Gasteiger partial charge in [0.05, 0.1) is 11.5 Å². The van der Waals surface area contributed by atoms with Crippen LogP contribution in [-0.4, -0.2) is 17.8 Å². The first kappa shape index (κ1) is 8.96. The van der Waals surface area contributed by atoms with Gasteiger partial charge in [0.2, 0.25) is 6.29 Å². The molecule has 1 aliphatic rings. The van der Waals surface area contributed by atoms with Gasteiger partial charge in [-0.25, -0.2) is 0 Å². The van der Waals surface area contributed by atoms with E-state index in [2.05, 4.69) is 0 Å². The van der Waals surface area contributed by atoms with Crippen LogP contribution in [0.4, 0.5) is 5.69 Å². The van der Waals surface area contributed by atoms with E-state index in [0.29, 0.717) is 5.75 Å². The Hall–Kier alpha value is -1.62. The van der Waals surface area contributed by atoms with Crippen LogP contribution in [0.25, 0.3) is 0 Å². The van der Waals surface area contributed by atoms with Crippen molar-refractivity contribution in [3.63, 3.8) is 0 Å². The number of hydrogen-bond acceptors (Lipinski definition) is 4. The molecule has 14 heavy (non-hydrogen) atoms. The molecule has 1 aromatic rings. The SMILES string of the molecule is O=[N+]([O-])c1ccc(OC2CCO2)cc1. The third-order valence-corrected chi connectivity index (χ3v) is 1.97. The molecule has 1 aliphatic heterocycles. The summed E-state index contributed by atoms with van der Waals surface area (Å²) in [7, 11) is 0. The summed E-state index contributed by atoms with van der Waals surface area (Å²) in [6.07, 6.45) is 0.688. The van der Waals surface area contributed by atoms with Crippen LogP contribution in [0.1, 0.15) is 6.42 Å². The summed E-state index contributed by atoms with van der Waals surface area (Å²) in [5.41, 5.74) is 0.0619. The zero-order valence-corrected chi connectivity index (χ0v) is 7.38. The predicted octanol–water partition coefficient (Wildman–Crippen LogP) is 1.72. The molecule has 0 radical (unpaired) electrons. The maximum absolute atomic E-state index is 10.3. The first-order chi connectivity index (χ1) is 6.75. The van der Waals surface area contributed by atoms with Crippen molar-refractivity contribution in [1.29, 1.82) is 0 Å². The molecule has 0 spiro atoms. The Labute approximate surface area is 80.4 Å². The van der Waals surface area contributed by atoms with Crippen molar-refractivity contribution in [1.82, 2.24) is 0 Å². The normalized spacial score (nSPS) is 19.9. The molecular weight excluding hydrogens is 186 g/mol. The second-order valence-electron chi connectivity index (χ2n) is 2.96. The number of nitrogens with zero attached hydrogens (tertiary/aromatic N) is 1. The topological polar surface area (TPSA) is 61.6 Å². The van der Waals surface area contributed by atoms with Crippen LogP contribution >= 0.6 is 0 Å². The zero-order valence-electron chi connectivity index (χ0n) is 7.38. The molecule has 1 fully saturated rings. The lowest BCUT2D eigenvalue weighted by atomic mass is 10.3. The summed E-state index contributed by atoms with van der Waals surface area (Å²) < 4.78 is 10.4. The smallest absolute Gasteiger partial charge is 0.269 e. The van der Waals surface area contributed by atoms with Crippen LogP contribution < -0.4 is 4.74 Å². The quantitative estimate of drug-likeness (QED) is 0.544. The van der Waals surface area contributed by atoms with E-state index in [1.54, 1.807) is 12.1 Å². The van der Waals surface area contributed by atoms with Crippen molar-refractivity contribution in [2.75, 3.05) is 6.61 Å². The first-order valence-corrected chi connectivity index (χ1v) is 4.28. The van der Waals surface area contributed by atoms with E-state index in [0.717, 1.165) is 13.0 Å². The second kappa shape index (κ2) is 3.63. The van der Waals surface area contributed by atoms with Crippen molar-refractivity contribution in [2.45, 2.75) is 12.7 Å². The van der Waals surface area contributed by atoms with E-state index in [9.17, 15) is 10.1 Å². The molecule has 1 heterocycles. The maximum atomic E-state index is 10.3. The van der Waals surface area contributed by atoms with E-state index in [4.69, 9.17) is 9.47 Å². The summed E-state index contributed by atoms with van der Waals surface area (Å²) in [6, 6.07) is 5.96. The number of nitro groups is 1. The average molecular weight is 195 g/mol. The molecule has 0 aromatic heterocycles. The van der Waals surface area contributed by atoms with Gasteiger partial charge in [0, 0.05) is 18.6 Å². The first-order valence-electron chi connectivity index (χ1n) is 4.28. The monoisotopic (exact) mass is 195 g/mol. The van der Waals surface area contributed by atoms with E-state index in [-0.39, 0.29) is 12.0 Å². The third kappa shape index (κ3) is 1.82. The summed E-state index contributed by atoms with van der Waals surface area (Å²) >= 11 is 0. The van der Waals surface area contributed by atoms with Gasteiger partial charge in [0.25, 0.3) is 5.69 Å². The number of non-ortho nitro benzene ring substituents is 1. The van der Waals surface area contributed by atoms with Gasteiger partial charge in [0.15, 0.2) is 0 Å². The molecule has 5 nitrogen and oxygen atoms in total. The number of benzene rings is 1. The largest absolute Gasteiger partial charge is 0.465 e. The van der Waals surface area contributed by atoms with Crippen LogP contribution in [0.15, 0.2) is 24.3 Å². The van der Waals surface area contributed by atoms with Gasteiger partial charge in [-0.15, -0.1) is 0 Å². The van der Waals surface area contributed by atoms with E-state index in [1.165, 1.54) is 12.1 Å². The number of rotatable bonds is 3. The van der Waals surface area contributed by atoms with Crippen molar-refractivity contribution in [3.8, 4) is 5.75 Å². The fraction of sp³-hybridized carbons (Fsp3) is 0.333. The lowest BCUT2D eigenvalue weighted by Crippen LogP contribution is -2.32. The predicted molar refractivity (Wildman–Crippen MR) is 48.1 cm³/mol. The van der Waals surface area contributed by atoms with Gasteiger partial charge >= 0.3 is 0 Å². The van der Waals surface area contributed by atoms with Crippen LogP contribution in [0.5, 0.6) is 5.75 Å². The van der Waals surface area contributed by atoms with E-state index >= 15 is 0 Å². The lowest BCUT2D eigenvalue weighted by molar-refractivity contribution is -0.384. The Kier molecular flexibility index (Phi) is 2.32. The lowest BCUT2D eigenvalue weighted by Gasteiger charge is -2.26. The highest BCUT2D eigenvalue weighted by Crippen LogP contribution is 2.21. The van der Waals surface area contributed by atoms with Gasteiger partial charge in [-0.1, -0.05) is 0 Å². The van der Waals surface area contributed by atoms with Crippen molar-refractivity contribution >= 4 is 5.69 Å². The highest BCUT2D eigenvalue weighted by molar-refractivity contribution is 5.36. The molecule has 0 amide bonds. The fourth-order valence-electron chi connectivity index (χ4n) is 1.11. The standard InChI is InChI=1S/C9H9NO4/c11-10(12)7-1-3-8(4-2-7)14-9-5-6-13-9/h1-4,9H,5-6H2. The molecule has 1 saturated heterocycles. The maximum Gasteiger partial charge on any atom is 0.269 e. The Bertz CT molecular complexity index is 331. The minimum absolute atomic E-state index is 0.0619. The number of hydrogen-bond donors (Lipinski definition) is 0. The zero-order chi connectivity index (χ0) is 9.97. The van der Waals surface area contributed by atoms with Gasteiger partial charge in [-0.05, 0) is 12.1 Å². The Morgan fingerprint density at radius 2 is 2.07 bits per heavy atom. The molecule has 74 valence electrons. The summed E-state index contributed by atoms with van der Waals surface area (Å²) in [6.45, 7) is 0.720. The van der Waals surface area contributed by atoms with Crippen molar-refractivity contribution in [2.24, 2.45) is 0 Å². The molecule has 2 rings (SSSR count). The molecule has 0 saturated carbocycles. The fourth-order valence-corrected chi connectivity index (χ4v) is 1.11. The summed E-state index contributed by atoms with van der Waals surface area (Å²) in [4.78, 5) is 9.90. The van der Waals surface area contributed by atoms with Crippen LogP contribution in [0.2, 0.25) is 0 Å². The Morgan fingerprint density at radius 1 is 1.43 bits per heavy atom. The second-order valence-corrected chi connectivity index (χ2v) is 2.96. The Balaban J connectivity index is 2.01. The van der Waals surface area contributed by atoms with Crippen LogP contribution in [-0.2, 0) is 4.74 Å². The van der Waals surface area contributed by atoms with Crippen molar-refractivity contribution < 1.29 is 14.4 Å². The molecule has 0 aliphatic carbocycles. The van der Waals surface area contributed by atoms with Crippen LogP contribution in [0.3, 0.4) is 0 Å². The molecule has 5 heteroatoms. The minimum Gasteiger partial charge on any atom is -0.465 e. The molecule has 1 atom stereocenters. The van der Waals surface area contributed by atoms with E-state index < -0.39 is 4.92 Å². The number of nitro benzene ring substituents is 1. The minimum atomic E-state index is -0.441. The third-order valence-electron chi connectivity index (χ3n) is 1.97.